The number of ether oxygens (including phenoxy) is 1. The fraction of sp³-hybridized carbons (Fsp3) is 0.360. The van der Waals surface area contributed by atoms with Crippen molar-refractivity contribution in [3.8, 4) is 5.75 Å². The van der Waals surface area contributed by atoms with Crippen LogP contribution in [0.2, 0.25) is 0 Å². The standard InChI is InChI=1S/C25H28FN3O4/c1-16-11-20(33-28-16)13-23(30)27-21-14-22(32-19-10-6-9-18(26)12-19)25(31)24(21)29(2)15-17-7-4-3-5-8-17/h3-12,21-22,24-25,31H,13-15H2,1-2H3,(H,27,30)/t21-,22-,24+,25+/m1/s1. The smallest absolute Gasteiger partial charge is 0.228 e. The maximum Gasteiger partial charge on any atom is 0.228 e. The number of benzene rings is 2. The Bertz CT molecular complexity index is 1070. The summed E-state index contributed by atoms with van der Waals surface area (Å²) in [5.74, 6) is 0.177. The molecule has 1 heterocycles. The van der Waals surface area contributed by atoms with E-state index in [4.69, 9.17) is 9.26 Å². The van der Waals surface area contributed by atoms with E-state index >= 15 is 0 Å². The minimum Gasteiger partial charge on any atom is -0.487 e. The average molecular weight is 454 g/mol. The van der Waals surface area contributed by atoms with Gasteiger partial charge in [-0.15, -0.1) is 0 Å². The van der Waals surface area contributed by atoms with Crippen LogP contribution in [0.4, 0.5) is 4.39 Å². The zero-order valence-electron chi connectivity index (χ0n) is 18.6. The van der Waals surface area contributed by atoms with Crippen molar-refractivity contribution in [2.24, 2.45) is 0 Å². The molecule has 0 unspecified atom stereocenters. The lowest BCUT2D eigenvalue weighted by Gasteiger charge is -2.32. The van der Waals surface area contributed by atoms with Gasteiger partial charge in [0.05, 0.1) is 24.2 Å². The molecule has 2 N–H and O–H groups in total. The Morgan fingerprint density at radius 2 is 2.03 bits per heavy atom. The normalized spacial score (nSPS) is 22.5. The lowest BCUT2D eigenvalue weighted by molar-refractivity contribution is -0.121. The Hall–Kier alpha value is -3.23. The topological polar surface area (TPSA) is 87.8 Å². The van der Waals surface area contributed by atoms with Gasteiger partial charge in [0, 0.05) is 25.1 Å². The molecule has 1 saturated carbocycles. The summed E-state index contributed by atoms with van der Waals surface area (Å²) >= 11 is 0. The third-order valence-electron chi connectivity index (χ3n) is 5.85. The third-order valence-corrected chi connectivity index (χ3v) is 5.85. The molecule has 33 heavy (non-hydrogen) atoms. The van der Waals surface area contributed by atoms with E-state index in [1.807, 2.05) is 42.3 Å². The second-order valence-electron chi connectivity index (χ2n) is 8.52. The average Bonchev–Trinajstić information content (AvgIpc) is 3.31. The summed E-state index contributed by atoms with van der Waals surface area (Å²) in [6.07, 6.45) is -1.06. The highest BCUT2D eigenvalue weighted by atomic mass is 19.1. The van der Waals surface area contributed by atoms with Crippen molar-refractivity contribution in [1.82, 2.24) is 15.4 Å². The molecule has 4 atom stereocenters. The quantitative estimate of drug-likeness (QED) is 0.545. The number of nitrogens with one attached hydrogen (secondary N) is 1. The van der Waals surface area contributed by atoms with Gasteiger partial charge in [0.1, 0.15) is 29.5 Å². The molecule has 1 fully saturated rings. The molecule has 0 radical (unpaired) electrons. The molecule has 0 bridgehead atoms. The van der Waals surface area contributed by atoms with Crippen LogP contribution in [-0.2, 0) is 17.8 Å². The Kier molecular flexibility index (Phi) is 7.05. The van der Waals surface area contributed by atoms with Crippen LogP contribution >= 0.6 is 0 Å². The van der Waals surface area contributed by atoms with Crippen molar-refractivity contribution in [2.75, 3.05) is 7.05 Å². The van der Waals surface area contributed by atoms with Crippen LogP contribution in [0, 0.1) is 12.7 Å². The molecule has 2 aromatic carbocycles. The van der Waals surface area contributed by atoms with E-state index in [0.29, 0.717) is 30.2 Å². The molecule has 1 aromatic heterocycles. The monoisotopic (exact) mass is 453 g/mol. The van der Waals surface area contributed by atoms with Gasteiger partial charge >= 0.3 is 0 Å². The molecule has 0 saturated heterocycles. The first-order valence-electron chi connectivity index (χ1n) is 10.9. The van der Waals surface area contributed by atoms with Crippen LogP contribution < -0.4 is 10.1 Å². The van der Waals surface area contributed by atoms with Crippen molar-refractivity contribution in [2.45, 2.75) is 50.6 Å². The number of aliphatic hydroxyl groups is 1. The predicted octanol–water partition coefficient (Wildman–Crippen LogP) is 2.86. The highest BCUT2D eigenvalue weighted by Gasteiger charge is 2.46. The van der Waals surface area contributed by atoms with Gasteiger partial charge in [0.15, 0.2) is 0 Å². The van der Waals surface area contributed by atoms with Gasteiger partial charge in [-0.25, -0.2) is 4.39 Å². The van der Waals surface area contributed by atoms with E-state index in [-0.39, 0.29) is 18.4 Å². The van der Waals surface area contributed by atoms with Crippen LogP contribution in [0.15, 0.2) is 65.2 Å². The van der Waals surface area contributed by atoms with E-state index in [1.54, 1.807) is 25.1 Å². The number of aryl methyl sites for hydroxylation is 1. The fourth-order valence-electron chi connectivity index (χ4n) is 4.42. The number of aromatic nitrogens is 1. The van der Waals surface area contributed by atoms with Crippen molar-refractivity contribution in [3.63, 3.8) is 0 Å². The first-order valence-corrected chi connectivity index (χ1v) is 10.9. The number of nitrogens with zero attached hydrogens (tertiary/aromatic N) is 2. The van der Waals surface area contributed by atoms with Gasteiger partial charge in [0.25, 0.3) is 0 Å². The number of hydrogen-bond donors (Lipinski definition) is 2. The maximum atomic E-state index is 13.6. The lowest BCUT2D eigenvalue weighted by Crippen LogP contribution is -2.52. The maximum absolute atomic E-state index is 13.6. The minimum absolute atomic E-state index is 0.0535. The van der Waals surface area contributed by atoms with Gasteiger partial charge in [-0.2, -0.15) is 0 Å². The molecule has 0 aliphatic heterocycles. The summed E-state index contributed by atoms with van der Waals surface area (Å²) in [7, 11) is 1.91. The van der Waals surface area contributed by atoms with Crippen LogP contribution in [0.5, 0.6) is 5.75 Å². The van der Waals surface area contributed by atoms with Crippen LogP contribution in [0.3, 0.4) is 0 Å². The number of carbonyl (C=O) groups excluding carboxylic acids is 1. The highest BCUT2D eigenvalue weighted by molar-refractivity contribution is 5.78. The SMILES string of the molecule is Cc1cc(CC(=O)N[C@@H]2C[C@@H](Oc3cccc(F)c3)[C@H](O)[C@H]2N(C)Cc2ccccc2)on1. The van der Waals surface area contributed by atoms with Gasteiger partial charge < -0.3 is 19.7 Å². The Morgan fingerprint density at radius 3 is 2.73 bits per heavy atom. The van der Waals surface area contributed by atoms with Gasteiger partial charge in [-0.3, -0.25) is 9.69 Å². The third kappa shape index (κ3) is 5.77. The molecule has 4 rings (SSSR count). The lowest BCUT2D eigenvalue weighted by atomic mass is 10.1. The van der Waals surface area contributed by atoms with E-state index in [2.05, 4.69) is 10.5 Å². The van der Waals surface area contributed by atoms with Crippen molar-refractivity contribution >= 4 is 5.91 Å². The van der Waals surface area contributed by atoms with Crippen molar-refractivity contribution in [1.29, 1.82) is 0 Å². The molecule has 174 valence electrons. The van der Waals surface area contributed by atoms with Crippen molar-refractivity contribution in [3.05, 3.63) is 83.5 Å². The molecule has 8 heteroatoms. The predicted molar refractivity (Wildman–Crippen MR) is 120 cm³/mol. The number of rotatable bonds is 8. The molecule has 1 aliphatic carbocycles. The van der Waals surface area contributed by atoms with Crippen LogP contribution in [0.25, 0.3) is 0 Å². The number of halogens is 1. The molecule has 1 amide bonds. The van der Waals surface area contributed by atoms with E-state index in [0.717, 1.165) is 5.56 Å². The van der Waals surface area contributed by atoms with E-state index in [9.17, 15) is 14.3 Å². The van der Waals surface area contributed by atoms with Gasteiger partial charge in [-0.05, 0) is 31.7 Å². The van der Waals surface area contributed by atoms with E-state index < -0.39 is 24.1 Å². The number of hydrogen-bond acceptors (Lipinski definition) is 6. The Labute approximate surface area is 192 Å². The molecule has 7 nitrogen and oxygen atoms in total. The second-order valence-corrected chi connectivity index (χ2v) is 8.52. The fourth-order valence-corrected chi connectivity index (χ4v) is 4.42. The second kappa shape index (κ2) is 10.1. The van der Waals surface area contributed by atoms with Crippen molar-refractivity contribution < 1.29 is 23.6 Å². The molecular formula is C25H28FN3O4. The molecular weight excluding hydrogens is 425 g/mol. The highest BCUT2D eigenvalue weighted by Crippen LogP contribution is 2.30. The summed E-state index contributed by atoms with van der Waals surface area (Å²) in [6.45, 7) is 2.38. The van der Waals surface area contributed by atoms with Crippen LogP contribution in [-0.4, -0.2) is 52.4 Å². The van der Waals surface area contributed by atoms with Gasteiger partial charge in [-0.1, -0.05) is 41.6 Å². The number of likely N-dealkylation sites (N-methyl/N-ethyl adjacent to an activating group) is 1. The summed E-state index contributed by atoms with van der Waals surface area (Å²) in [5, 5.41) is 18.0. The van der Waals surface area contributed by atoms with E-state index in [1.165, 1.54) is 12.1 Å². The zero-order valence-corrected chi connectivity index (χ0v) is 18.6. The largest absolute Gasteiger partial charge is 0.487 e. The van der Waals surface area contributed by atoms with Gasteiger partial charge in [0.2, 0.25) is 5.91 Å². The molecule has 0 spiro atoms. The number of amides is 1. The number of carbonyl (C=O) groups is 1. The summed E-state index contributed by atoms with van der Waals surface area (Å²) in [6, 6.07) is 16.7. The Balaban J connectivity index is 1.50. The molecule has 1 aliphatic rings. The zero-order chi connectivity index (χ0) is 23.4. The minimum atomic E-state index is -0.889. The summed E-state index contributed by atoms with van der Waals surface area (Å²) in [5.41, 5.74) is 1.79. The Morgan fingerprint density at radius 1 is 1.24 bits per heavy atom. The first kappa shape index (κ1) is 22.9. The summed E-state index contributed by atoms with van der Waals surface area (Å²) in [4.78, 5) is 14.7. The molecule has 3 aromatic rings. The summed E-state index contributed by atoms with van der Waals surface area (Å²) < 4.78 is 24.7. The first-order chi connectivity index (χ1) is 15.9. The van der Waals surface area contributed by atoms with Crippen LogP contribution in [0.1, 0.15) is 23.4 Å². The number of aliphatic hydroxyl groups excluding tert-OH is 1.